The molecule has 0 amide bonds. The van der Waals surface area contributed by atoms with Crippen LogP contribution in [0.5, 0.6) is 0 Å². The van der Waals surface area contributed by atoms with Crippen LogP contribution in [0.4, 0.5) is 16.0 Å². The number of ether oxygens (including phenoxy) is 1. The Morgan fingerprint density at radius 1 is 1.03 bits per heavy atom. The Morgan fingerprint density at radius 3 is 2.53 bits per heavy atom. The summed E-state index contributed by atoms with van der Waals surface area (Å²) in [7, 11) is 2.10. The molecule has 4 aromatic rings. The minimum absolute atomic E-state index is 0.342. The first-order valence-corrected chi connectivity index (χ1v) is 11.9. The van der Waals surface area contributed by atoms with Crippen molar-refractivity contribution in [3.63, 3.8) is 0 Å². The van der Waals surface area contributed by atoms with Crippen molar-refractivity contribution in [3.8, 4) is 11.4 Å². The highest BCUT2D eigenvalue weighted by Gasteiger charge is 2.27. The summed E-state index contributed by atoms with van der Waals surface area (Å²) in [6.07, 6.45) is 1.63. The third kappa shape index (κ3) is 3.73. The zero-order chi connectivity index (χ0) is 23.2. The van der Waals surface area contributed by atoms with Crippen molar-refractivity contribution in [3.05, 3.63) is 42.1 Å². The molecular formula is C25H28FN7O. The summed E-state index contributed by atoms with van der Waals surface area (Å²) in [6, 6.07) is 12.2. The summed E-state index contributed by atoms with van der Waals surface area (Å²) in [4.78, 5) is 18.8. The van der Waals surface area contributed by atoms with Crippen LogP contribution >= 0.6 is 0 Å². The van der Waals surface area contributed by atoms with Crippen LogP contribution in [0.3, 0.4) is 0 Å². The molecule has 0 radical (unpaired) electrons. The van der Waals surface area contributed by atoms with Crippen LogP contribution in [0.2, 0.25) is 0 Å². The van der Waals surface area contributed by atoms with E-state index in [1.54, 1.807) is 0 Å². The Labute approximate surface area is 197 Å². The van der Waals surface area contributed by atoms with Crippen molar-refractivity contribution in [1.82, 2.24) is 24.6 Å². The minimum Gasteiger partial charge on any atom is -0.381 e. The molecule has 0 saturated carbocycles. The number of nitrogens with zero attached hydrogens (tertiary/aromatic N) is 7. The smallest absolute Gasteiger partial charge is 0.160 e. The zero-order valence-electron chi connectivity index (χ0n) is 19.5. The van der Waals surface area contributed by atoms with Gasteiger partial charge in [-0.3, -0.25) is 0 Å². The van der Waals surface area contributed by atoms with Crippen molar-refractivity contribution >= 4 is 28.3 Å². The second kappa shape index (κ2) is 8.47. The number of rotatable bonds is 4. The summed E-state index contributed by atoms with van der Waals surface area (Å²) < 4.78 is 21.5. The van der Waals surface area contributed by atoms with Gasteiger partial charge in [0, 0.05) is 45.0 Å². The monoisotopic (exact) mass is 460 g/mol. The minimum atomic E-state index is -0.814. The molecule has 3 aromatic heterocycles. The molecule has 176 valence electrons. The van der Waals surface area contributed by atoms with Crippen LogP contribution < -0.4 is 9.80 Å². The van der Waals surface area contributed by atoms with E-state index in [-0.39, 0.29) is 0 Å². The Kier molecular flexibility index (Phi) is 5.28. The fraction of sp³-hybridized carbons (Fsp3) is 0.440. The third-order valence-corrected chi connectivity index (χ3v) is 6.94. The molecule has 5 heterocycles. The van der Waals surface area contributed by atoms with Crippen LogP contribution in [0.25, 0.3) is 28.1 Å². The predicted molar refractivity (Wildman–Crippen MR) is 130 cm³/mol. The van der Waals surface area contributed by atoms with Gasteiger partial charge in [0.2, 0.25) is 0 Å². The van der Waals surface area contributed by atoms with Gasteiger partial charge in [0.15, 0.2) is 5.65 Å². The molecule has 6 rings (SSSR count). The second-order valence-electron chi connectivity index (χ2n) is 9.20. The van der Waals surface area contributed by atoms with E-state index in [1.165, 1.54) is 0 Å². The second-order valence-corrected chi connectivity index (χ2v) is 9.20. The number of anilines is 2. The highest BCUT2D eigenvalue weighted by atomic mass is 19.1. The van der Waals surface area contributed by atoms with Gasteiger partial charge in [-0.15, -0.1) is 0 Å². The van der Waals surface area contributed by atoms with Crippen molar-refractivity contribution in [1.29, 1.82) is 0 Å². The number of aryl methyl sites for hydroxylation is 1. The number of hydrogen-bond acceptors (Lipinski definition) is 7. The summed E-state index contributed by atoms with van der Waals surface area (Å²) in [5.41, 5.74) is 4.71. The van der Waals surface area contributed by atoms with Gasteiger partial charge in [-0.05, 0) is 38.3 Å². The molecule has 34 heavy (non-hydrogen) atoms. The molecule has 0 spiro atoms. The van der Waals surface area contributed by atoms with E-state index in [0.29, 0.717) is 25.6 Å². The van der Waals surface area contributed by atoms with Crippen molar-refractivity contribution in [2.75, 3.05) is 43.2 Å². The van der Waals surface area contributed by atoms with E-state index in [1.807, 2.05) is 52.7 Å². The van der Waals surface area contributed by atoms with E-state index >= 15 is 0 Å². The molecule has 1 atom stereocenters. The molecule has 9 heteroatoms. The van der Waals surface area contributed by atoms with E-state index < -0.39 is 6.17 Å². The highest BCUT2D eigenvalue weighted by Crippen LogP contribution is 2.31. The first-order valence-electron chi connectivity index (χ1n) is 11.9. The fourth-order valence-electron chi connectivity index (χ4n) is 4.99. The molecule has 0 bridgehead atoms. The van der Waals surface area contributed by atoms with Crippen LogP contribution in [-0.4, -0.2) is 70.1 Å². The Balaban J connectivity index is 1.48. The fourth-order valence-corrected chi connectivity index (χ4v) is 4.99. The third-order valence-electron chi connectivity index (χ3n) is 6.94. The lowest BCUT2D eigenvalue weighted by molar-refractivity contribution is 0.0853. The van der Waals surface area contributed by atoms with E-state index in [0.717, 1.165) is 71.5 Å². The van der Waals surface area contributed by atoms with Gasteiger partial charge in [0.25, 0.3) is 0 Å². The first-order chi connectivity index (χ1) is 16.6. The number of halogens is 1. The molecule has 2 fully saturated rings. The van der Waals surface area contributed by atoms with Gasteiger partial charge in [-0.25, -0.2) is 19.3 Å². The Hall–Kier alpha value is -3.33. The van der Waals surface area contributed by atoms with E-state index in [9.17, 15) is 4.39 Å². The van der Waals surface area contributed by atoms with Crippen LogP contribution in [0.15, 0.2) is 36.4 Å². The lowest BCUT2D eigenvalue weighted by Crippen LogP contribution is -2.38. The molecule has 8 nitrogen and oxygen atoms in total. The standard InChI is InChI=1S/C25H28FN7O/c1-16-25(28-20-6-4-3-5-19(20)27-16)21-13-23-29-22(32-10-7-17(26)15-32)14-24(33(23)30-21)31(2)18-8-11-34-12-9-18/h3-6,13-14,17-18H,7-12,15H2,1-2H3/i2-1. The number of benzene rings is 1. The predicted octanol–water partition coefficient (Wildman–Crippen LogP) is 3.81. The molecule has 0 aliphatic carbocycles. The van der Waals surface area contributed by atoms with Crippen molar-refractivity contribution in [2.24, 2.45) is 0 Å². The van der Waals surface area contributed by atoms with Gasteiger partial charge >= 0.3 is 0 Å². The van der Waals surface area contributed by atoms with Crippen molar-refractivity contribution < 1.29 is 9.13 Å². The maximum absolute atomic E-state index is 14.0. The summed E-state index contributed by atoms with van der Waals surface area (Å²) in [5, 5.41) is 4.94. The van der Waals surface area contributed by atoms with Crippen molar-refractivity contribution in [2.45, 2.75) is 38.4 Å². The maximum Gasteiger partial charge on any atom is 0.160 e. The number of alkyl halides is 1. The Morgan fingerprint density at radius 2 is 1.79 bits per heavy atom. The quantitative estimate of drug-likeness (QED) is 0.459. The van der Waals surface area contributed by atoms with E-state index in [2.05, 4.69) is 11.9 Å². The average molecular weight is 461 g/mol. The number of hydrogen-bond donors (Lipinski definition) is 0. The molecule has 2 aliphatic rings. The lowest BCUT2D eigenvalue weighted by Gasteiger charge is -2.33. The highest BCUT2D eigenvalue weighted by molar-refractivity contribution is 5.78. The van der Waals surface area contributed by atoms with Gasteiger partial charge in [-0.2, -0.15) is 9.61 Å². The Bertz CT molecular complexity index is 1350. The molecule has 1 aromatic carbocycles. The average Bonchev–Trinajstić information content (AvgIpc) is 3.49. The SMILES string of the molecule is Cc1nc2ccccc2nc1-c1cc2nc(N3CCC(F)C3)cc(N([11CH3])C3CCOCC3)n2n1. The summed E-state index contributed by atoms with van der Waals surface area (Å²) in [6.45, 7) is 4.50. The number of fused-ring (bicyclic) bond motifs is 2. The zero-order valence-corrected chi connectivity index (χ0v) is 19.5. The molecular weight excluding hydrogens is 432 g/mol. The van der Waals surface area contributed by atoms with Gasteiger partial charge in [-0.1, -0.05) is 12.1 Å². The molecule has 2 saturated heterocycles. The molecule has 2 aliphatic heterocycles. The molecule has 0 N–H and O–H groups in total. The van der Waals surface area contributed by atoms with Crippen LogP contribution in [0, 0.1) is 6.92 Å². The summed E-state index contributed by atoms with van der Waals surface area (Å²) in [5.74, 6) is 1.72. The normalized spacial score (nSPS) is 19.4. The van der Waals surface area contributed by atoms with Crippen LogP contribution in [-0.2, 0) is 4.74 Å². The number of para-hydroxylation sites is 2. The summed E-state index contributed by atoms with van der Waals surface area (Å²) >= 11 is 0. The van der Waals surface area contributed by atoms with Crippen LogP contribution in [0.1, 0.15) is 25.0 Å². The number of aromatic nitrogens is 5. The van der Waals surface area contributed by atoms with Gasteiger partial charge in [0.05, 0.1) is 23.3 Å². The maximum atomic E-state index is 14.0. The lowest BCUT2D eigenvalue weighted by atomic mass is 10.1. The van der Waals surface area contributed by atoms with E-state index in [4.69, 9.17) is 24.8 Å². The topological polar surface area (TPSA) is 71.7 Å². The van der Waals surface area contributed by atoms with Gasteiger partial charge in [0.1, 0.15) is 29.2 Å². The van der Waals surface area contributed by atoms with Gasteiger partial charge < -0.3 is 14.5 Å². The molecule has 1 unspecified atom stereocenters. The largest absolute Gasteiger partial charge is 0.381 e. The first kappa shape index (κ1) is 21.2.